The molecule has 0 atom stereocenters. The van der Waals surface area contributed by atoms with E-state index < -0.39 is 17.5 Å². The van der Waals surface area contributed by atoms with E-state index in [2.05, 4.69) is 5.32 Å². The molecule has 7 heteroatoms. The molecule has 0 fully saturated rings. The summed E-state index contributed by atoms with van der Waals surface area (Å²) in [6, 6.07) is 3.11. The Balaban J connectivity index is 2.31. The molecule has 1 aromatic carbocycles. The molecule has 0 saturated carbocycles. The van der Waals surface area contributed by atoms with Crippen molar-refractivity contribution in [1.29, 1.82) is 0 Å². The maximum absolute atomic E-state index is 13.4. The Morgan fingerprint density at radius 2 is 2.11 bits per heavy atom. The van der Waals surface area contributed by atoms with Crippen LogP contribution in [0.5, 0.6) is 0 Å². The number of thiophene rings is 1. The lowest BCUT2D eigenvalue weighted by molar-refractivity contribution is 0.103. The largest absolute Gasteiger partial charge is 0.397 e. The normalized spacial score (nSPS) is 10.4. The van der Waals surface area contributed by atoms with Crippen molar-refractivity contribution < 1.29 is 13.6 Å². The summed E-state index contributed by atoms with van der Waals surface area (Å²) in [6.07, 6.45) is 0. The summed E-state index contributed by atoms with van der Waals surface area (Å²) in [5.41, 5.74) is 5.58. The van der Waals surface area contributed by atoms with Gasteiger partial charge in [0.25, 0.3) is 5.91 Å². The number of carbonyl (C=O) groups is 1. The van der Waals surface area contributed by atoms with Gasteiger partial charge in [-0.05, 0) is 17.5 Å². The predicted molar refractivity (Wildman–Crippen MR) is 68.1 cm³/mol. The highest BCUT2D eigenvalue weighted by Crippen LogP contribution is 2.28. The van der Waals surface area contributed by atoms with Gasteiger partial charge in [0.15, 0.2) is 5.82 Å². The molecule has 0 radical (unpaired) electrons. The molecule has 0 saturated heterocycles. The third-order valence-corrected chi connectivity index (χ3v) is 3.37. The second-order valence-electron chi connectivity index (χ2n) is 3.40. The van der Waals surface area contributed by atoms with E-state index in [0.717, 1.165) is 17.4 Å². The molecule has 0 unspecified atom stereocenters. The second kappa shape index (κ2) is 4.91. The first-order valence-electron chi connectivity index (χ1n) is 4.78. The molecule has 1 aromatic heterocycles. The second-order valence-corrected chi connectivity index (χ2v) is 4.73. The van der Waals surface area contributed by atoms with E-state index in [1.165, 1.54) is 0 Å². The number of hydrogen-bond donors (Lipinski definition) is 2. The SMILES string of the molecule is Nc1ccsc1C(=O)Nc1c(F)cc(F)cc1Cl. The van der Waals surface area contributed by atoms with E-state index >= 15 is 0 Å². The van der Waals surface area contributed by atoms with Gasteiger partial charge in [0.1, 0.15) is 10.7 Å². The quantitative estimate of drug-likeness (QED) is 0.888. The van der Waals surface area contributed by atoms with Crippen LogP contribution in [0.2, 0.25) is 5.02 Å². The van der Waals surface area contributed by atoms with Gasteiger partial charge < -0.3 is 11.1 Å². The maximum atomic E-state index is 13.4. The number of nitrogens with one attached hydrogen (secondary N) is 1. The Morgan fingerprint density at radius 3 is 2.67 bits per heavy atom. The number of halogens is 3. The van der Waals surface area contributed by atoms with Crippen LogP contribution in [0, 0.1) is 11.6 Å². The van der Waals surface area contributed by atoms with Crippen molar-refractivity contribution in [3.05, 3.63) is 45.1 Å². The van der Waals surface area contributed by atoms with Crippen molar-refractivity contribution in [3.8, 4) is 0 Å². The third-order valence-electron chi connectivity index (χ3n) is 2.15. The summed E-state index contributed by atoms with van der Waals surface area (Å²) >= 11 is 6.77. The fourth-order valence-electron chi connectivity index (χ4n) is 1.34. The highest BCUT2D eigenvalue weighted by Gasteiger charge is 2.16. The fraction of sp³-hybridized carbons (Fsp3) is 0. The zero-order valence-corrected chi connectivity index (χ0v) is 10.4. The summed E-state index contributed by atoms with van der Waals surface area (Å²) in [4.78, 5) is 12.0. The van der Waals surface area contributed by atoms with Gasteiger partial charge in [-0.25, -0.2) is 8.78 Å². The number of carbonyl (C=O) groups excluding carboxylic acids is 1. The molecule has 0 spiro atoms. The molecule has 3 nitrogen and oxygen atoms in total. The van der Waals surface area contributed by atoms with Gasteiger partial charge in [0, 0.05) is 6.07 Å². The summed E-state index contributed by atoms with van der Waals surface area (Å²) < 4.78 is 26.3. The van der Waals surface area contributed by atoms with Crippen LogP contribution >= 0.6 is 22.9 Å². The van der Waals surface area contributed by atoms with E-state index in [9.17, 15) is 13.6 Å². The third kappa shape index (κ3) is 2.44. The van der Waals surface area contributed by atoms with E-state index in [4.69, 9.17) is 17.3 Å². The zero-order chi connectivity index (χ0) is 13.3. The van der Waals surface area contributed by atoms with Gasteiger partial charge in [0.2, 0.25) is 0 Å². The van der Waals surface area contributed by atoms with Gasteiger partial charge in [-0.1, -0.05) is 11.6 Å². The van der Waals surface area contributed by atoms with Crippen molar-refractivity contribution in [3.63, 3.8) is 0 Å². The molecule has 1 amide bonds. The molecule has 18 heavy (non-hydrogen) atoms. The minimum atomic E-state index is -0.941. The van der Waals surface area contributed by atoms with Crippen LogP contribution < -0.4 is 11.1 Å². The Kier molecular flexibility index (Phi) is 3.49. The molecule has 0 aliphatic carbocycles. The summed E-state index contributed by atoms with van der Waals surface area (Å²) in [6.45, 7) is 0. The number of nitrogen functional groups attached to an aromatic ring is 1. The number of anilines is 2. The van der Waals surface area contributed by atoms with Crippen LogP contribution in [0.4, 0.5) is 20.2 Å². The van der Waals surface area contributed by atoms with Crippen molar-refractivity contribution in [2.75, 3.05) is 11.1 Å². The van der Waals surface area contributed by atoms with E-state index in [1.807, 2.05) is 0 Å². The minimum Gasteiger partial charge on any atom is -0.397 e. The fourth-order valence-corrected chi connectivity index (χ4v) is 2.29. The molecule has 94 valence electrons. The van der Waals surface area contributed by atoms with Crippen molar-refractivity contribution in [2.45, 2.75) is 0 Å². The van der Waals surface area contributed by atoms with Crippen LogP contribution in [0.25, 0.3) is 0 Å². The number of nitrogens with two attached hydrogens (primary N) is 1. The average Bonchev–Trinajstić information content (AvgIpc) is 2.69. The van der Waals surface area contributed by atoms with Crippen LogP contribution in [-0.4, -0.2) is 5.91 Å². The van der Waals surface area contributed by atoms with Gasteiger partial charge in [0.05, 0.1) is 16.4 Å². The molecular formula is C11H7ClF2N2OS. The topological polar surface area (TPSA) is 55.1 Å². The van der Waals surface area contributed by atoms with Crippen LogP contribution in [0.1, 0.15) is 9.67 Å². The standard InChI is InChI=1S/C11H7ClF2N2OS/c12-6-3-5(13)4-7(14)9(6)16-11(17)10-8(15)1-2-18-10/h1-4H,15H2,(H,16,17). The maximum Gasteiger partial charge on any atom is 0.267 e. The molecule has 0 aliphatic heterocycles. The molecule has 0 aliphatic rings. The van der Waals surface area contributed by atoms with Crippen LogP contribution in [-0.2, 0) is 0 Å². The summed E-state index contributed by atoms with van der Waals surface area (Å²) in [5, 5.41) is 3.69. The van der Waals surface area contributed by atoms with Gasteiger partial charge in [-0.15, -0.1) is 11.3 Å². The molecule has 0 bridgehead atoms. The zero-order valence-electron chi connectivity index (χ0n) is 8.84. The van der Waals surface area contributed by atoms with E-state index in [0.29, 0.717) is 6.07 Å². The minimum absolute atomic E-state index is 0.212. The Morgan fingerprint density at radius 1 is 1.39 bits per heavy atom. The lowest BCUT2D eigenvalue weighted by Crippen LogP contribution is -2.13. The lowest BCUT2D eigenvalue weighted by Gasteiger charge is -2.08. The van der Waals surface area contributed by atoms with Gasteiger partial charge in [-0.2, -0.15) is 0 Å². The number of amides is 1. The first kappa shape index (κ1) is 12.8. The highest BCUT2D eigenvalue weighted by molar-refractivity contribution is 7.12. The molecule has 2 rings (SSSR count). The lowest BCUT2D eigenvalue weighted by atomic mass is 10.2. The van der Waals surface area contributed by atoms with Crippen molar-refractivity contribution in [1.82, 2.24) is 0 Å². The van der Waals surface area contributed by atoms with E-state index in [-0.39, 0.29) is 21.3 Å². The van der Waals surface area contributed by atoms with Crippen LogP contribution in [0.15, 0.2) is 23.6 Å². The highest BCUT2D eigenvalue weighted by atomic mass is 35.5. The Labute approximate surface area is 110 Å². The Bertz CT molecular complexity index is 592. The van der Waals surface area contributed by atoms with Gasteiger partial charge >= 0.3 is 0 Å². The first-order chi connectivity index (χ1) is 8.49. The average molecular weight is 289 g/mol. The van der Waals surface area contributed by atoms with E-state index in [1.54, 1.807) is 11.4 Å². The Hall–Kier alpha value is -1.66. The molecule has 3 N–H and O–H groups in total. The summed E-state index contributed by atoms with van der Waals surface area (Å²) in [5.74, 6) is -2.34. The smallest absolute Gasteiger partial charge is 0.267 e. The molecule has 2 aromatic rings. The van der Waals surface area contributed by atoms with Crippen molar-refractivity contribution >= 4 is 40.2 Å². The molecule has 1 heterocycles. The first-order valence-corrected chi connectivity index (χ1v) is 6.03. The monoisotopic (exact) mass is 288 g/mol. The number of hydrogen-bond acceptors (Lipinski definition) is 3. The van der Waals surface area contributed by atoms with Crippen molar-refractivity contribution in [2.24, 2.45) is 0 Å². The summed E-state index contributed by atoms with van der Waals surface area (Å²) in [7, 11) is 0. The number of benzene rings is 1. The number of rotatable bonds is 2. The van der Waals surface area contributed by atoms with Crippen LogP contribution in [0.3, 0.4) is 0 Å². The molecular weight excluding hydrogens is 282 g/mol. The predicted octanol–water partition coefficient (Wildman–Crippen LogP) is 3.51. The van der Waals surface area contributed by atoms with Gasteiger partial charge in [-0.3, -0.25) is 4.79 Å².